The van der Waals surface area contributed by atoms with Crippen LogP contribution < -0.4 is 0 Å². The van der Waals surface area contributed by atoms with Crippen LogP contribution in [0, 0.1) is 6.92 Å². The summed E-state index contributed by atoms with van der Waals surface area (Å²) in [5, 5.41) is 0. The topological polar surface area (TPSA) is 25.8 Å². The largest absolute Gasteiger partial charge is 0.261 e. The SMILES string of the molecule is C.Cc1ccc(-c2ccccn2)cn1. The molecule has 2 heteroatoms. The molecule has 2 aromatic rings. The van der Waals surface area contributed by atoms with Gasteiger partial charge in [-0.25, -0.2) is 0 Å². The predicted octanol–water partition coefficient (Wildman–Crippen LogP) is 3.09. The molecule has 0 atom stereocenters. The fraction of sp³-hybridized carbons (Fsp3) is 0.167. The Balaban J connectivity index is 0.000000980. The van der Waals surface area contributed by atoms with Gasteiger partial charge in [-0.3, -0.25) is 9.97 Å². The van der Waals surface area contributed by atoms with Gasteiger partial charge >= 0.3 is 0 Å². The molecule has 0 saturated heterocycles. The summed E-state index contributed by atoms with van der Waals surface area (Å²) >= 11 is 0. The lowest BCUT2D eigenvalue weighted by molar-refractivity contribution is 1.19. The van der Waals surface area contributed by atoms with E-state index in [1.54, 1.807) is 6.20 Å². The lowest BCUT2D eigenvalue weighted by Crippen LogP contribution is -1.84. The lowest BCUT2D eigenvalue weighted by Gasteiger charge is -1.98. The lowest BCUT2D eigenvalue weighted by atomic mass is 10.2. The van der Waals surface area contributed by atoms with Gasteiger partial charge < -0.3 is 0 Å². The molecular formula is C12H14N2. The fourth-order valence-corrected chi connectivity index (χ4v) is 1.15. The zero-order chi connectivity index (χ0) is 9.10. The van der Waals surface area contributed by atoms with Crippen LogP contribution in [0.4, 0.5) is 0 Å². The molecule has 0 fully saturated rings. The van der Waals surface area contributed by atoms with Crippen LogP contribution in [0.2, 0.25) is 0 Å². The Labute approximate surface area is 84.7 Å². The Bertz CT molecular complexity index is 379. The van der Waals surface area contributed by atoms with Gasteiger partial charge in [0.25, 0.3) is 0 Å². The van der Waals surface area contributed by atoms with Gasteiger partial charge in [0.15, 0.2) is 0 Å². The van der Waals surface area contributed by atoms with E-state index in [0.29, 0.717) is 0 Å². The molecule has 0 aliphatic heterocycles. The highest BCUT2D eigenvalue weighted by atomic mass is 14.7. The second-order valence-corrected chi connectivity index (χ2v) is 2.90. The Kier molecular flexibility index (Phi) is 3.35. The summed E-state index contributed by atoms with van der Waals surface area (Å²) in [4.78, 5) is 8.45. The standard InChI is InChI=1S/C11H10N2.CH4/c1-9-5-6-10(8-13-9)11-4-2-3-7-12-11;/h2-8H,1H3;1H4. The first-order chi connectivity index (χ1) is 6.36. The fourth-order valence-electron chi connectivity index (χ4n) is 1.15. The molecule has 2 heterocycles. The average molecular weight is 186 g/mol. The summed E-state index contributed by atoms with van der Waals surface area (Å²) in [5.74, 6) is 0. The molecule has 0 unspecified atom stereocenters. The smallest absolute Gasteiger partial charge is 0.0717 e. The van der Waals surface area contributed by atoms with Crippen LogP contribution >= 0.6 is 0 Å². The first-order valence-corrected chi connectivity index (χ1v) is 4.20. The third-order valence-corrected chi connectivity index (χ3v) is 1.87. The van der Waals surface area contributed by atoms with E-state index in [4.69, 9.17) is 0 Å². The first-order valence-electron chi connectivity index (χ1n) is 4.20. The monoisotopic (exact) mass is 186 g/mol. The van der Waals surface area contributed by atoms with Crippen molar-refractivity contribution in [2.45, 2.75) is 14.4 Å². The Hall–Kier alpha value is -1.70. The summed E-state index contributed by atoms with van der Waals surface area (Å²) in [5.41, 5.74) is 3.06. The molecule has 0 aliphatic carbocycles. The highest BCUT2D eigenvalue weighted by Gasteiger charge is 1.96. The van der Waals surface area contributed by atoms with Crippen LogP contribution in [0.15, 0.2) is 42.7 Å². The summed E-state index contributed by atoms with van der Waals surface area (Å²) in [7, 11) is 0. The van der Waals surface area contributed by atoms with E-state index in [9.17, 15) is 0 Å². The Morgan fingerprint density at radius 2 is 1.86 bits per heavy atom. The average Bonchev–Trinajstić information content (AvgIpc) is 2.20. The molecule has 0 amide bonds. The Morgan fingerprint density at radius 1 is 1.00 bits per heavy atom. The minimum atomic E-state index is 0. The van der Waals surface area contributed by atoms with E-state index in [0.717, 1.165) is 17.0 Å². The van der Waals surface area contributed by atoms with Crippen LogP contribution in [-0.2, 0) is 0 Å². The predicted molar refractivity (Wildman–Crippen MR) is 58.9 cm³/mol. The number of rotatable bonds is 1. The van der Waals surface area contributed by atoms with Crippen molar-refractivity contribution in [1.82, 2.24) is 9.97 Å². The third kappa shape index (κ3) is 2.16. The zero-order valence-corrected chi connectivity index (χ0v) is 7.44. The molecule has 14 heavy (non-hydrogen) atoms. The van der Waals surface area contributed by atoms with Crippen molar-refractivity contribution >= 4 is 0 Å². The van der Waals surface area contributed by atoms with Gasteiger partial charge in [0, 0.05) is 23.7 Å². The van der Waals surface area contributed by atoms with Gasteiger partial charge in [0.1, 0.15) is 0 Å². The quantitative estimate of drug-likeness (QED) is 0.684. The molecule has 0 saturated carbocycles. The van der Waals surface area contributed by atoms with Crippen molar-refractivity contribution in [3.8, 4) is 11.3 Å². The molecule has 2 nitrogen and oxygen atoms in total. The van der Waals surface area contributed by atoms with Crippen molar-refractivity contribution in [1.29, 1.82) is 0 Å². The van der Waals surface area contributed by atoms with Crippen LogP contribution in [0.5, 0.6) is 0 Å². The molecule has 0 spiro atoms. The van der Waals surface area contributed by atoms with Gasteiger partial charge in [-0.05, 0) is 31.2 Å². The van der Waals surface area contributed by atoms with E-state index in [-0.39, 0.29) is 7.43 Å². The Morgan fingerprint density at radius 3 is 2.43 bits per heavy atom. The van der Waals surface area contributed by atoms with Gasteiger partial charge in [0.05, 0.1) is 5.69 Å². The van der Waals surface area contributed by atoms with Crippen molar-refractivity contribution in [2.75, 3.05) is 0 Å². The molecule has 2 rings (SSSR count). The minimum Gasteiger partial charge on any atom is -0.261 e. The molecular weight excluding hydrogens is 172 g/mol. The number of aryl methyl sites for hydroxylation is 1. The van der Waals surface area contributed by atoms with Crippen LogP contribution in [0.1, 0.15) is 13.1 Å². The number of hydrogen-bond acceptors (Lipinski definition) is 2. The van der Waals surface area contributed by atoms with Gasteiger partial charge in [0.2, 0.25) is 0 Å². The number of nitrogens with zero attached hydrogens (tertiary/aromatic N) is 2. The van der Waals surface area contributed by atoms with Gasteiger partial charge in [-0.2, -0.15) is 0 Å². The maximum Gasteiger partial charge on any atom is 0.0717 e. The molecule has 72 valence electrons. The number of hydrogen-bond donors (Lipinski definition) is 0. The minimum absolute atomic E-state index is 0. The van der Waals surface area contributed by atoms with E-state index >= 15 is 0 Å². The van der Waals surface area contributed by atoms with Gasteiger partial charge in [-0.1, -0.05) is 13.5 Å². The van der Waals surface area contributed by atoms with E-state index in [1.807, 2.05) is 43.5 Å². The first kappa shape index (κ1) is 10.4. The van der Waals surface area contributed by atoms with E-state index < -0.39 is 0 Å². The second-order valence-electron chi connectivity index (χ2n) is 2.90. The summed E-state index contributed by atoms with van der Waals surface area (Å²) in [6, 6.07) is 9.88. The molecule has 0 radical (unpaired) electrons. The highest BCUT2D eigenvalue weighted by Crippen LogP contribution is 2.14. The van der Waals surface area contributed by atoms with Crippen molar-refractivity contribution in [3.05, 3.63) is 48.4 Å². The second kappa shape index (κ2) is 4.51. The zero-order valence-electron chi connectivity index (χ0n) is 7.44. The molecule has 0 aromatic carbocycles. The number of pyridine rings is 2. The highest BCUT2D eigenvalue weighted by molar-refractivity contribution is 5.57. The van der Waals surface area contributed by atoms with Gasteiger partial charge in [-0.15, -0.1) is 0 Å². The normalized spacial score (nSPS) is 9.21. The summed E-state index contributed by atoms with van der Waals surface area (Å²) < 4.78 is 0. The third-order valence-electron chi connectivity index (χ3n) is 1.87. The maximum absolute atomic E-state index is 4.24. The van der Waals surface area contributed by atoms with E-state index in [2.05, 4.69) is 9.97 Å². The molecule has 0 N–H and O–H groups in total. The van der Waals surface area contributed by atoms with Crippen LogP contribution in [0.25, 0.3) is 11.3 Å². The molecule has 2 aromatic heterocycles. The van der Waals surface area contributed by atoms with Crippen molar-refractivity contribution in [2.24, 2.45) is 0 Å². The summed E-state index contributed by atoms with van der Waals surface area (Å²) in [6.45, 7) is 1.97. The molecule has 0 bridgehead atoms. The van der Waals surface area contributed by atoms with Crippen molar-refractivity contribution < 1.29 is 0 Å². The number of aromatic nitrogens is 2. The summed E-state index contributed by atoms with van der Waals surface area (Å²) in [6.07, 6.45) is 3.63. The van der Waals surface area contributed by atoms with Crippen molar-refractivity contribution in [3.63, 3.8) is 0 Å². The molecule has 0 aliphatic rings. The van der Waals surface area contributed by atoms with Crippen LogP contribution in [-0.4, -0.2) is 9.97 Å². The maximum atomic E-state index is 4.24. The van der Waals surface area contributed by atoms with Crippen LogP contribution in [0.3, 0.4) is 0 Å². The van der Waals surface area contributed by atoms with E-state index in [1.165, 1.54) is 0 Å².